The summed E-state index contributed by atoms with van der Waals surface area (Å²) in [5.41, 5.74) is 0.808. The van der Waals surface area contributed by atoms with E-state index >= 15 is 0 Å². The van der Waals surface area contributed by atoms with E-state index < -0.39 is 0 Å². The summed E-state index contributed by atoms with van der Waals surface area (Å²) in [4.78, 5) is 4.59. The summed E-state index contributed by atoms with van der Waals surface area (Å²) in [5.74, 6) is 2.15. The molecule has 0 aliphatic rings. The zero-order valence-corrected chi connectivity index (χ0v) is 18.9. The van der Waals surface area contributed by atoms with E-state index in [4.69, 9.17) is 16.3 Å². The van der Waals surface area contributed by atoms with Crippen molar-refractivity contribution < 1.29 is 4.74 Å². The van der Waals surface area contributed by atoms with Crippen LogP contribution in [0, 0.1) is 0 Å². The molecule has 0 aliphatic heterocycles. The number of halogens is 2. The fourth-order valence-corrected chi connectivity index (χ4v) is 2.71. The van der Waals surface area contributed by atoms with Crippen molar-refractivity contribution in [1.29, 1.82) is 0 Å². The molecule has 2 aromatic heterocycles. The second kappa shape index (κ2) is 11.1. The van der Waals surface area contributed by atoms with Gasteiger partial charge in [-0.05, 0) is 38.1 Å². The number of pyridine rings is 1. The molecule has 1 unspecified atom stereocenters. The summed E-state index contributed by atoms with van der Waals surface area (Å²) in [5, 5.41) is 15.4. The molecule has 7 nitrogen and oxygen atoms in total. The third kappa shape index (κ3) is 5.96. The Labute approximate surface area is 186 Å². The molecule has 0 aliphatic carbocycles. The van der Waals surface area contributed by atoms with Crippen LogP contribution in [-0.4, -0.2) is 39.8 Å². The van der Waals surface area contributed by atoms with Crippen molar-refractivity contribution in [2.75, 3.05) is 13.1 Å². The van der Waals surface area contributed by atoms with E-state index in [0.29, 0.717) is 29.8 Å². The fraction of sp³-hybridized carbons (Fsp3) is 0.316. The van der Waals surface area contributed by atoms with Gasteiger partial charge in [-0.2, -0.15) is 0 Å². The Hall–Kier alpha value is -2.07. The number of aliphatic imine (C=N–C) groups is 1. The lowest BCUT2D eigenvalue weighted by Crippen LogP contribution is -2.41. The molecule has 0 amide bonds. The Morgan fingerprint density at radius 1 is 1.18 bits per heavy atom. The number of hydrogen-bond acceptors (Lipinski definition) is 4. The molecule has 0 spiro atoms. The maximum absolute atomic E-state index is 6.14. The number of para-hydroxylation sites is 1. The van der Waals surface area contributed by atoms with Crippen molar-refractivity contribution in [3.63, 3.8) is 0 Å². The van der Waals surface area contributed by atoms with Gasteiger partial charge < -0.3 is 15.4 Å². The van der Waals surface area contributed by atoms with E-state index in [9.17, 15) is 0 Å². The first-order valence-corrected chi connectivity index (χ1v) is 9.27. The molecule has 28 heavy (non-hydrogen) atoms. The first-order chi connectivity index (χ1) is 13.2. The molecule has 0 saturated carbocycles. The highest BCUT2D eigenvalue weighted by molar-refractivity contribution is 14.0. The molecular weight excluding hydrogens is 491 g/mol. The number of rotatable bonds is 7. The van der Waals surface area contributed by atoms with E-state index in [1.807, 2.05) is 66.9 Å². The van der Waals surface area contributed by atoms with Crippen molar-refractivity contribution in [2.24, 2.45) is 4.99 Å². The number of guanidine groups is 1. The third-order valence-electron chi connectivity index (χ3n) is 3.83. The Balaban J connectivity index is 0.00000280. The predicted octanol–water partition coefficient (Wildman–Crippen LogP) is 3.52. The molecule has 2 N–H and O–H groups in total. The van der Waals surface area contributed by atoms with Crippen LogP contribution in [0.25, 0.3) is 5.65 Å². The highest BCUT2D eigenvalue weighted by Crippen LogP contribution is 2.23. The zero-order valence-electron chi connectivity index (χ0n) is 15.8. The SMILES string of the molecule is CCNC(=NCc1nnc2ccccn12)NCC(C)Oc1ccccc1Cl.I. The van der Waals surface area contributed by atoms with Crippen LogP contribution in [0.5, 0.6) is 5.75 Å². The van der Waals surface area contributed by atoms with Gasteiger partial charge in [-0.3, -0.25) is 4.40 Å². The van der Waals surface area contributed by atoms with Crippen LogP contribution in [0.4, 0.5) is 0 Å². The van der Waals surface area contributed by atoms with Crippen molar-refractivity contribution in [1.82, 2.24) is 25.2 Å². The molecule has 3 aromatic rings. The van der Waals surface area contributed by atoms with Crippen molar-refractivity contribution >= 4 is 47.2 Å². The number of benzene rings is 1. The minimum Gasteiger partial charge on any atom is -0.487 e. The van der Waals surface area contributed by atoms with Crippen LogP contribution >= 0.6 is 35.6 Å². The van der Waals surface area contributed by atoms with Crippen LogP contribution in [0.1, 0.15) is 19.7 Å². The van der Waals surface area contributed by atoms with E-state index in [2.05, 4.69) is 25.8 Å². The summed E-state index contributed by atoms with van der Waals surface area (Å²) in [6, 6.07) is 13.2. The van der Waals surface area contributed by atoms with Gasteiger partial charge in [0.05, 0.1) is 11.6 Å². The Morgan fingerprint density at radius 2 is 1.96 bits per heavy atom. The molecule has 3 rings (SSSR count). The Morgan fingerprint density at radius 3 is 2.75 bits per heavy atom. The van der Waals surface area contributed by atoms with Crippen LogP contribution in [-0.2, 0) is 6.54 Å². The fourth-order valence-electron chi connectivity index (χ4n) is 2.53. The number of nitrogens with zero attached hydrogens (tertiary/aromatic N) is 4. The summed E-state index contributed by atoms with van der Waals surface area (Å²) >= 11 is 6.14. The van der Waals surface area contributed by atoms with E-state index in [1.54, 1.807) is 0 Å². The third-order valence-corrected chi connectivity index (χ3v) is 4.14. The summed E-state index contributed by atoms with van der Waals surface area (Å²) in [6.07, 6.45) is 1.85. The normalized spacial score (nSPS) is 12.3. The summed E-state index contributed by atoms with van der Waals surface area (Å²) < 4.78 is 7.80. The number of nitrogens with one attached hydrogen (secondary N) is 2. The lowest BCUT2D eigenvalue weighted by atomic mass is 10.3. The van der Waals surface area contributed by atoms with Gasteiger partial charge in [-0.1, -0.05) is 29.8 Å². The largest absolute Gasteiger partial charge is 0.487 e. The zero-order chi connectivity index (χ0) is 19.1. The molecule has 9 heteroatoms. The van der Waals surface area contributed by atoms with Crippen LogP contribution < -0.4 is 15.4 Å². The number of aromatic nitrogens is 3. The topological polar surface area (TPSA) is 75.8 Å². The summed E-state index contributed by atoms with van der Waals surface area (Å²) in [7, 11) is 0. The van der Waals surface area contributed by atoms with Crippen LogP contribution in [0.15, 0.2) is 53.7 Å². The van der Waals surface area contributed by atoms with Gasteiger partial charge in [0.2, 0.25) is 0 Å². The van der Waals surface area contributed by atoms with Crippen molar-refractivity contribution in [3.05, 3.63) is 59.5 Å². The highest BCUT2D eigenvalue weighted by Gasteiger charge is 2.09. The average molecular weight is 515 g/mol. The van der Waals surface area contributed by atoms with Crippen molar-refractivity contribution in [3.8, 4) is 5.75 Å². The highest BCUT2D eigenvalue weighted by atomic mass is 127. The molecule has 1 atom stereocenters. The smallest absolute Gasteiger partial charge is 0.191 e. The van der Waals surface area contributed by atoms with Gasteiger partial charge in [0.25, 0.3) is 0 Å². The van der Waals surface area contributed by atoms with Gasteiger partial charge in [0, 0.05) is 12.7 Å². The number of fused-ring (bicyclic) bond motifs is 1. The van der Waals surface area contributed by atoms with E-state index in [-0.39, 0.29) is 30.1 Å². The molecule has 2 heterocycles. The summed E-state index contributed by atoms with van der Waals surface area (Å²) in [6.45, 7) is 5.75. The average Bonchev–Trinajstić information content (AvgIpc) is 3.09. The molecule has 0 fully saturated rings. The van der Waals surface area contributed by atoms with Gasteiger partial charge in [0.15, 0.2) is 17.4 Å². The second-order valence-electron chi connectivity index (χ2n) is 5.98. The van der Waals surface area contributed by atoms with Crippen LogP contribution in [0.2, 0.25) is 5.02 Å². The first kappa shape index (κ1) is 22.2. The standard InChI is InChI=1S/C19H23ClN6O.HI/c1-3-21-19(22-12-14(2)27-16-9-5-4-8-15(16)20)23-13-18-25-24-17-10-6-7-11-26(17)18;/h4-11,14H,3,12-13H2,1-2H3,(H2,21,22,23);1H. The van der Waals surface area contributed by atoms with E-state index in [0.717, 1.165) is 18.0 Å². The maximum Gasteiger partial charge on any atom is 0.191 e. The first-order valence-electron chi connectivity index (χ1n) is 8.89. The molecular formula is C19H24ClIN6O. The minimum absolute atomic E-state index is 0. The lowest BCUT2D eigenvalue weighted by molar-refractivity contribution is 0.224. The molecule has 150 valence electrons. The van der Waals surface area contributed by atoms with Gasteiger partial charge in [-0.25, -0.2) is 4.99 Å². The number of ether oxygens (including phenoxy) is 1. The monoisotopic (exact) mass is 514 g/mol. The van der Waals surface area contributed by atoms with Gasteiger partial charge in [0.1, 0.15) is 18.4 Å². The Bertz CT molecular complexity index is 916. The molecule has 0 saturated heterocycles. The van der Waals surface area contributed by atoms with E-state index in [1.165, 1.54) is 0 Å². The molecule has 1 aromatic carbocycles. The second-order valence-corrected chi connectivity index (χ2v) is 6.39. The van der Waals surface area contributed by atoms with Gasteiger partial charge >= 0.3 is 0 Å². The predicted molar refractivity (Wildman–Crippen MR) is 123 cm³/mol. The lowest BCUT2D eigenvalue weighted by Gasteiger charge is -2.18. The van der Waals surface area contributed by atoms with Gasteiger partial charge in [-0.15, -0.1) is 34.2 Å². The molecule has 0 bridgehead atoms. The minimum atomic E-state index is -0.0809. The van der Waals surface area contributed by atoms with Crippen molar-refractivity contribution in [2.45, 2.75) is 26.5 Å². The van der Waals surface area contributed by atoms with Crippen LogP contribution in [0.3, 0.4) is 0 Å². The number of hydrogen-bond donors (Lipinski definition) is 2. The Kier molecular flexibility index (Phi) is 8.78. The maximum atomic E-state index is 6.14. The quantitative estimate of drug-likeness (QED) is 0.287. The molecule has 0 radical (unpaired) electrons.